The number of ether oxygens (including phenoxy) is 2. The van der Waals surface area contributed by atoms with Crippen molar-refractivity contribution < 1.29 is 19.1 Å². The van der Waals surface area contributed by atoms with Crippen LogP contribution in [-0.4, -0.2) is 35.1 Å². The molecule has 0 saturated heterocycles. The van der Waals surface area contributed by atoms with Crippen molar-refractivity contribution in [1.82, 2.24) is 9.97 Å². The number of esters is 2. The maximum Gasteiger partial charge on any atom is 0.338 e. The van der Waals surface area contributed by atoms with Gasteiger partial charge in [0.25, 0.3) is 0 Å². The Morgan fingerprint density at radius 3 is 1.71 bits per heavy atom. The van der Waals surface area contributed by atoms with Gasteiger partial charge in [0, 0.05) is 23.1 Å². The standard InChI is InChI=1S/C27H32N4O4/c1-4-6-16-34-25(32)20-8-12-22(13-9-20)29-24-18-19(3)28-27(31-24)30-23-14-10-21(11-15-23)26(33)35-17-7-5-2/h8-15,18H,4-7,16-17H2,1-3H3,(H2,28,29,30,31). The molecule has 0 fully saturated rings. The summed E-state index contributed by atoms with van der Waals surface area (Å²) in [6.07, 6.45) is 3.65. The molecule has 1 heterocycles. The zero-order valence-corrected chi connectivity index (χ0v) is 20.5. The first-order valence-corrected chi connectivity index (χ1v) is 11.9. The average Bonchev–Trinajstić information content (AvgIpc) is 2.85. The van der Waals surface area contributed by atoms with Crippen LogP contribution < -0.4 is 10.6 Å². The second-order valence-electron chi connectivity index (χ2n) is 8.10. The Morgan fingerprint density at radius 1 is 0.743 bits per heavy atom. The molecular formula is C27H32N4O4. The van der Waals surface area contributed by atoms with E-state index >= 15 is 0 Å². The number of carbonyl (C=O) groups is 2. The lowest BCUT2D eigenvalue weighted by Gasteiger charge is -2.11. The van der Waals surface area contributed by atoms with Gasteiger partial charge in [-0.2, -0.15) is 4.98 Å². The van der Waals surface area contributed by atoms with Gasteiger partial charge in [-0.1, -0.05) is 26.7 Å². The molecule has 1 aromatic heterocycles. The number of aryl methyl sites for hydroxylation is 1. The van der Waals surface area contributed by atoms with E-state index in [2.05, 4.69) is 20.6 Å². The zero-order valence-electron chi connectivity index (χ0n) is 20.5. The molecule has 8 heteroatoms. The lowest BCUT2D eigenvalue weighted by molar-refractivity contribution is 0.0490. The van der Waals surface area contributed by atoms with Crippen LogP contribution in [0.4, 0.5) is 23.1 Å². The van der Waals surface area contributed by atoms with Crippen molar-refractivity contribution >= 4 is 35.1 Å². The normalized spacial score (nSPS) is 10.5. The third-order valence-electron chi connectivity index (χ3n) is 5.09. The van der Waals surface area contributed by atoms with Crippen LogP contribution in [0.25, 0.3) is 0 Å². The Bertz CT molecular complexity index is 1030. The van der Waals surface area contributed by atoms with Crippen LogP contribution in [0.5, 0.6) is 0 Å². The van der Waals surface area contributed by atoms with E-state index in [-0.39, 0.29) is 11.9 Å². The van der Waals surface area contributed by atoms with Crippen molar-refractivity contribution in [3.8, 4) is 0 Å². The summed E-state index contributed by atoms with van der Waals surface area (Å²) in [6, 6.07) is 15.9. The van der Waals surface area contributed by atoms with Crippen LogP contribution in [0.1, 0.15) is 65.9 Å². The fourth-order valence-electron chi connectivity index (χ4n) is 3.13. The summed E-state index contributed by atoms with van der Waals surface area (Å²) in [5, 5.41) is 6.40. The highest BCUT2D eigenvalue weighted by Crippen LogP contribution is 2.20. The second kappa shape index (κ2) is 13.1. The number of nitrogens with one attached hydrogen (secondary N) is 2. The number of unbranched alkanes of at least 4 members (excludes halogenated alkanes) is 2. The number of nitrogens with zero attached hydrogens (tertiary/aromatic N) is 2. The lowest BCUT2D eigenvalue weighted by Crippen LogP contribution is -2.07. The predicted octanol–water partition coefficient (Wildman–Crippen LogP) is 6.19. The van der Waals surface area contributed by atoms with Crippen molar-refractivity contribution in [2.75, 3.05) is 23.8 Å². The fraction of sp³-hybridized carbons (Fsp3) is 0.333. The summed E-state index contributed by atoms with van der Waals surface area (Å²) in [7, 11) is 0. The highest BCUT2D eigenvalue weighted by molar-refractivity contribution is 5.90. The largest absolute Gasteiger partial charge is 0.462 e. The van der Waals surface area contributed by atoms with Crippen molar-refractivity contribution in [2.45, 2.75) is 46.5 Å². The number of hydrogen-bond donors (Lipinski definition) is 2. The molecule has 3 rings (SSSR count). The first-order chi connectivity index (χ1) is 17.0. The van der Waals surface area contributed by atoms with Crippen LogP contribution in [0.3, 0.4) is 0 Å². The smallest absolute Gasteiger partial charge is 0.338 e. The molecule has 0 radical (unpaired) electrons. The van der Waals surface area contributed by atoms with Gasteiger partial charge in [-0.15, -0.1) is 0 Å². The Kier molecular flexibility index (Phi) is 9.59. The molecule has 184 valence electrons. The molecule has 0 amide bonds. The van der Waals surface area contributed by atoms with Gasteiger partial charge < -0.3 is 20.1 Å². The minimum absolute atomic E-state index is 0.324. The molecule has 0 spiro atoms. The molecule has 2 aromatic carbocycles. The molecule has 35 heavy (non-hydrogen) atoms. The molecule has 0 atom stereocenters. The van der Waals surface area contributed by atoms with Gasteiger partial charge in [0.2, 0.25) is 5.95 Å². The molecule has 0 unspecified atom stereocenters. The first kappa shape index (κ1) is 25.7. The highest BCUT2D eigenvalue weighted by atomic mass is 16.5. The van der Waals surface area contributed by atoms with E-state index in [1.165, 1.54) is 0 Å². The SMILES string of the molecule is CCCCOC(=O)c1ccc(Nc2cc(C)nc(Nc3ccc(C(=O)OCCCC)cc3)n2)cc1. The van der Waals surface area contributed by atoms with Crippen molar-refractivity contribution in [1.29, 1.82) is 0 Å². The third-order valence-corrected chi connectivity index (χ3v) is 5.09. The van der Waals surface area contributed by atoms with Crippen LogP contribution in [0.15, 0.2) is 54.6 Å². The van der Waals surface area contributed by atoms with E-state index in [9.17, 15) is 9.59 Å². The van der Waals surface area contributed by atoms with Crippen LogP contribution in [0, 0.1) is 6.92 Å². The second-order valence-corrected chi connectivity index (χ2v) is 8.10. The Labute approximate surface area is 206 Å². The number of rotatable bonds is 12. The van der Waals surface area contributed by atoms with Crippen LogP contribution in [-0.2, 0) is 9.47 Å². The summed E-state index contributed by atoms with van der Waals surface area (Å²) < 4.78 is 10.5. The number of hydrogen-bond acceptors (Lipinski definition) is 8. The third kappa shape index (κ3) is 8.10. The van der Waals surface area contributed by atoms with E-state index in [4.69, 9.17) is 9.47 Å². The highest BCUT2D eigenvalue weighted by Gasteiger charge is 2.09. The Hall–Kier alpha value is -3.94. The molecule has 0 saturated carbocycles. The topological polar surface area (TPSA) is 102 Å². The van der Waals surface area contributed by atoms with E-state index in [1.54, 1.807) is 48.5 Å². The summed E-state index contributed by atoms with van der Waals surface area (Å²) in [5.41, 5.74) is 3.31. The quantitative estimate of drug-likeness (QED) is 0.236. The molecule has 0 aliphatic rings. The number of benzene rings is 2. The summed E-state index contributed by atoms with van der Waals surface area (Å²) >= 11 is 0. The molecule has 0 aliphatic heterocycles. The maximum absolute atomic E-state index is 12.1. The van der Waals surface area contributed by atoms with Gasteiger partial charge >= 0.3 is 11.9 Å². The monoisotopic (exact) mass is 476 g/mol. The van der Waals surface area contributed by atoms with Gasteiger partial charge in [0.15, 0.2) is 0 Å². The van der Waals surface area contributed by atoms with Crippen LogP contribution >= 0.6 is 0 Å². The molecule has 0 aliphatic carbocycles. The van der Waals surface area contributed by atoms with Gasteiger partial charge in [-0.3, -0.25) is 0 Å². The molecule has 0 bridgehead atoms. The lowest BCUT2D eigenvalue weighted by atomic mass is 10.2. The van der Waals surface area contributed by atoms with Gasteiger partial charge in [0.1, 0.15) is 5.82 Å². The summed E-state index contributed by atoms with van der Waals surface area (Å²) in [5.74, 6) is 0.370. The molecule has 3 aromatic rings. The first-order valence-electron chi connectivity index (χ1n) is 11.9. The summed E-state index contributed by atoms with van der Waals surface area (Å²) in [4.78, 5) is 33.1. The van der Waals surface area contributed by atoms with Gasteiger partial charge in [-0.25, -0.2) is 14.6 Å². The molecule has 2 N–H and O–H groups in total. The predicted molar refractivity (Wildman–Crippen MR) is 137 cm³/mol. The van der Waals surface area contributed by atoms with Crippen molar-refractivity contribution in [3.05, 3.63) is 71.4 Å². The number of carbonyl (C=O) groups excluding carboxylic acids is 2. The van der Waals surface area contributed by atoms with E-state index < -0.39 is 0 Å². The van der Waals surface area contributed by atoms with Crippen LogP contribution in [0.2, 0.25) is 0 Å². The van der Waals surface area contributed by atoms with E-state index in [0.29, 0.717) is 36.1 Å². The van der Waals surface area contributed by atoms with E-state index in [1.807, 2.05) is 26.8 Å². The van der Waals surface area contributed by atoms with Crippen molar-refractivity contribution in [3.63, 3.8) is 0 Å². The fourth-order valence-corrected chi connectivity index (χ4v) is 3.13. The van der Waals surface area contributed by atoms with Gasteiger partial charge in [-0.05, 0) is 68.3 Å². The van der Waals surface area contributed by atoms with E-state index in [0.717, 1.165) is 42.8 Å². The molecule has 8 nitrogen and oxygen atoms in total. The number of aromatic nitrogens is 2. The minimum Gasteiger partial charge on any atom is -0.462 e. The average molecular weight is 477 g/mol. The number of anilines is 4. The Morgan fingerprint density at radius 2 is 1.23 bits per heavy atom. The Balaban J connectivity index is 1.62. The maximum atomic E-state index is 12.1. The minimum atomic E-state index is -0.330. The molecular weight excluding hydrogens is 444 g/mol. The zero-order chi connectivity index (χ0) is 25.0. The summed E-state index contributed by atoms with van der Waals surface area (Å²) in [6.45, 7) is 6.83. The van der Waals surface area contributed by atoms with Crippen molar-refractivity contribution in [2.24, 2.45) is 0 Å². The van der Waals surface area contributed by atoms with Gasteiger partial charge in [0.05, 0.1) is 24.3 Å².